The molecule has 0 saturated carbocycles. The second-order valence-corrected chi connectivity index (χ2v) is 13.8. The van der Waals surface area contributed by atoms with Crippen molar-refractivity contribution in [3.63, 3.8) is 0 Å². The summed E-state index contributed by atoms with van der Waals surface area (Å²) in [4.78, 5) is 15.5. The van der Waals surface area contributed by atoms with E-state index in [-0.39, 0.29) is 5.92 Å². The van der Waals surface area contributed by atoms with Crippen LogP contribution in [0.15, 0.2) is 156 Å². The molecule has 0 bridgehead atoms. The van der Waals surface area contributed by atoms with Crippen molar-refractivity contribution in [3.05, 3.63) is 180 Å². The maximum absolute atomic E-state index is 6.26. The van der Waals surface area contributed by atoms with Gasteiger partial charge in [-0.25, -0.2) is 15.0 Å². The van der Waals surface area contributed by atoms with Gasteiger partial charge in [0, 0.05) is 45.2 Å². The standard InChI is InChI=1S/C47H35N3O/c1-2-10-30(11-3-1)35-13-8-14-37(28-35)46-48-45(49-47(50-46)40-17-9-19-43-44(40)39-16-6-7-18-42(39)51-43)34-25-20-31(21-26-34)36-27-24-33-23-22-32-12-4-5-15-38(32)41(33)29-36/h2,4-20,22-29,31-32,38H,1,3,21H2. The minimum Gasteiger partial charge on any atom is -0.456 e. The van der Waals surface area contributed by atoms with Crippen LogP contribution in [0.3, 0.4) is 0 Å². The molecule has 0 aliphatic heterocycles. The lowest BCUT2D eigenvalue weighted by atomic mass is 9.75. The van der Waals surface area contributed by atoms with Gasteiger partial charge >= 0.3 is 0 Å². The summed E-state index contributed by atoms with van der Waals surface area (Å²) < 4.78 is 6.26. The quantitative estimate of drug-likeness (QED) is 0.185. The van der Waals surface area contributed by atoms with E-state index >= 15 is 0 Å². The minimum absolute atomic E-state index is 0.284. The fourth-order valence-electron chi connectivity index (χ4n) is 8.01. The molecule has 0 N–H and O–H groups in total. The molecule has 2 aromatic heterocycles. The number of aromatic nitrogens is 3. The first-order valence-corrected chi connectivity index (χ1v) is 18.0. The van der Waals surface area contributed by atoms with Crippen LogP contribution in [-0.4, -0.2) is 15.0 Å². The molecule has 6 aromatic rings. The molecule has 4 nitrogen and oxygen atoms in total. The summed E-state index contributed by atoms with van der Waals surface area (Å²) in [6.45, 7) is 0. The third-order valence-electron chi connectivity index (χ3n) is 10.7. The fraction of sp³-hybridized carbons (Fsp3) is 0.128. The van der Waals surface area contributed by atoms with Gasteiger partial charge in [-0.05, 0) is 65.3 Å². The molecule has 4 heteroatoms. The predicted molar refractivity (Wildman–Crippen MR) is 209 cm³/mol. The van der Waals surface area contributed by atoms with E-state index in [2.05, 4.69) is 128 Å². The molecule has 0 fully saturated rings. The number of rotatable bonds is 5. The van der Waals surface area contributed by atoms with Gasteiger partial charge in [0.25, 0.3) is 0 Å². The van der Waals surface area contributed by atoms with Crippen molar-refractivity contribution in [1.29, 1.82) is 0 Å². The topological polar surface area (TPSA) is 51.8 Å². The van der Waals surface area contributed by atoms with Crippen molar-refractivity contribution >= 4 is 39.2 Å². The first kappa shape index (κ1) is 29.8. The van der Waals surface area contributed by atoms with E-state index in [0.29, 0.717) is 29.3 Å². The Bertz CT molecular complexity index is 2590. The molecule has 10 rings (SSSR count). The largest absolute Gasteiger partial charge is 0.456 e. The Kier molecular flexibility index (Phi) is 7.19. The first-order valence-electron chi connectivity index (χ1n) is 18.0. The number of furan rings is 1. The van der Waals surface area contributed by atoms with Crippen molar-refractivity contribution in [2.24, 2.45) is 5.92 Å². The van der Waals surface area contributed by atoms with Crippen LogP contribution in [0.2, 0.25) is 0 Å². The van der Waals surface area contributed by atoms with Crippen molar-refractivity contribution in [3.8, 4) is 22.8 Å². The molecule has 51 heavy (non-hydrogen) atoms. The summed E-state index contributed by atoms with van der Waals surface area (Å²) in [6.07, 6.45) is 30.2. The first-order chi connectivity index (χ1) is 25.2. The van der Waals surface area contributed by atoms with Crippen LogP contribution in [0.5, 0.6) is 0 Å². The highest BCUT2D eigenvalue weighted by molar-refractivity contribution is 6.11. The van der Waals surface area contributed by atoms with Crippen LogP contribution >= 0.6 is 0 Å². The van der Waals surface area contributed by atoms with E-state index in [1.165, 1.54) is 27.8 Å². The summed E-state index contributed by atoms with van der Waals surface area (Å²) in [5.41, 5.74) is 11.1. The van der Waals surface area contributed by atoms with Crippen LogP contribution < -0.4 is 0 Å². The lowest BCUT2D eigenvalue weighted by Gasteiger charge is -2.28. The lowest BCUT2D eigenvalue weighted by Crippen LogP contribution is -2.14. The zero-order valence-electron chi connectivity index (χ0n) is 28.1. The van der Waals surface area contributed by atoms with Gasteiger partial charge < -0.3 is 4.42 Å². The molecule has 3 unspecified atom stereocenters. The molecule has 0 radical (unpaired) electrons. The Balaban J connectivity index is 1.05. The third kappa shape index (κ3) is 5.35. The summed E-state index contributed by atoms with van der Waals surface area (Å²) in [5, 5.41) is 2.07. The summed E-state index contributed by atoms with van der Waals surface area (Å²) >= 11 is 0. The molecule has 0 amide bonds. The monoisotopic (exact) mass is 657 g/mol. The second kappa shape index (κ2) is 12.3. The molecule has 0 spiro atoms. The average molecular weight is 658 g/mol. The Morgan fingerprint density at radius 3 is 2.39 bits per heavy atom. The third-order valence-corrected chi connectivity index (χ3v) is 10.7. The number of allylic oxidation sites excluding steroid dienone is 13. The molecule has 4 aliphatic rings. The molecule has 0 saturated heterocycles. The highest BCUT2D eigenvalue weighted by Gasteiger charge is 2.25. The van der Waals surface area contributed by atoms with E-state index in [1.54, 1.807) is 0 Å². The zero-order chi connectivity index (χ0) is 33.7. The molecule has 4 aromatic carbocycles. The summed E-state index contributed by atoms with van der Waals surface area (Å²) in [6, 6.07) is 29.9. The normalized spacial score (nSPS) is 20.4. The maximum atomic E-state index is 6.26. The Morgan fingerprint density at radius 1 is 0.608 bits per heavy atom. The fourth-order valence-corrected chi connectivity index (χ4v) is 8.01. The summed E-state index contributed by atoms with van der Waals surface area (Å²) in [5.74, 6) is 3.08. The van der Waals surface area contributed by atoms with Crippen LogP contribution in [0.25, 0.3) is 61.9 Å². The van der Waals surface area contributed by atoms with Gasteiger partial charge in [-0.2, -0.15) is 0 Å². The Hall–Kier alpha value is -6.13. The SMILES string of the molecule is C1=CC2C=Cc3ccc(C4C=CC(c5nc(-c6cccc(C7=CCCC=C7)c6)nc(-c6cccc7oc8ccccc8c67)n5)=CC4)cc3C2C=C1. The van der Waals surface area contributed by atoms with Gasteiger partial charge in [0.2, 0.25) is 0 Å². The zero-order valence-corrected chi connectivity index (χ0v) is 28.1. The van der Waals surface area contributed by atoms with Crippen molar-refractivity contribution in [2.45, 2.75) is 31.1 Å². The maximum Gasteiger partial charge on any atom is 0.164 e. The van der Waals surface area contributed by atoms with Crippen LogP contribution in [-0.2, 0) is 0 Å². The van der Waals surface area contributed by atoms with Crippen LogP contribution in [0.1, 0.15) is 59.2 Å². The number of hydrogen-bond donors (Lipinski definition) is 0. The smallest absolute Gasteiger partial charge is 0.164 e. The number of benzene rings is 4. The summed E-state index contributed by atoms with van der Waals surface area (Å²) in [7, 11) is 0. The van der Waals surface area contributed by atoms with Crippen LogP contribution in [0.4, 0.5) is 0 Å². The molecule has 244 valence electrons. The average Bonchev–Trinajstić information content (AvgIpc) is 3.60. The predicted octanol–water partition coefficient (Wildman–Crippen LogP) is 11.8. The molecule has 3 atom stereocenters. The van der Waals surface area contributed by atoms with Gasteiger partial charge in [-0.1, -0.05) is 140 Å². The minimum atomic E-state index is 0.284. The highest BCUT2D eigenvalue weighted by Crippen LogP contribution is 2.41. The van der Waals surface area contributed by atoms with Crippen molar-refractivity contribution in [1.82, 2.24) is 15.0 Å². The van der Waals surface area contributed by atoms with E-state index in [0.717, 1.165) is 57.9 Å². The van der Waals surface area contributed by atoms with E-state index < -0.39 is 0 Å². The molecular weight excluding hydrogens is 623 g/mol. The second-order valence-electron chi connectivity index (χ2n) is 13.8. The molecule has 2 heterocycles. The van der Waals surface area contributed by atoms with Gasteiger partial charge in [-0.3, -0.25) is 0 Å². The van der Waals surface area contributed by atoms with E-state index in [1.807, 2.05) is 30.3 Å². The lowest BCUT2D eigenvalue weighted by molar-refractivity contribution is 0.669. The van der Waals surface area contributed by atoms with Crippen LogP contribution in [0, 0.1) is 5.92 Å². The van der Waals surface area contributed by atoms with Gasteiger partial charge in [-0.15, -0.1) is 0 Å². The Morgan fingerprint density at radius 2 is 1.47 bits per heavy atom. The highest BCUT2D eigenvalue weighted by atomic mass is 16.3. The number of nitrogens with zero attached hydrogens (tertiary/aromatic N) is 3. The molecular formula is C47H35N3O. The van der Waals surface area contributed by atoms with Crippen molar-refractivity contribution < 1.29 is 4.42 Å². The van der Waals surface area contributed by atoms with Crippen molar-refractivity contribution in [2.75, 3.05) is 0 Å². The van der Waals surface area contributed by atoms with E-state index in [9.17, 15) is 0 Å². The number of para-hydroxylation sites is 1. The number of fused-ring (bicyclic) bond motifs is 6. The van der Waals surface area contributed by atoms with Gasteiger partial charge in [0.15, 0.2) is 17.5 Å². The number of hydrogen-bond acceptors (Lipinski definition) is 4. The Labute approximate surface area is 297 Å². The van der Waals surface area contributed by atoms with Gasteiger partial charge in [0.05, 0.1) is 0 Å². The molecule has 4 aliphatic carbocycles. The van der Waals surface area contributed by atoms with Gasteiger partial charge in [0.1, 0.15) is 11.2 Å². The van der Waals surface area contributed by atoms with E-state index in [4.69, 9.17) is 19.4 Å².